The Hall–Kier alpha value is -2.67. The van der Waals surface area contributed by atoms with E-state index in [1.807, 2.05) is 12.1 Å². The van der Waals surface area contributed by atoms with E-state index in [2.05, 4.69) is 21.3 Å². The number of fused-ring (bicyclic) bond motifs is 1. The number of benzene rings is 1. The Morgan fingerprint density at radius 2 is 1.93 bits per heavy atom. The summed E-state index contributed by atoms with van der Waals surface area (Å²) in [7, 11) is 1.58. The first-order valence-electron chi connectivity index (χ1n) is 9.90. The molecule has 1 aromatic carbocycles. The first-order valence-corrected chi connectivity index (χ1v) is 9.90. The predicted molar refractivity (Wildman–Crippen MR) is 108 cm³/mol. The minimum atomic E-state index is -0.229. The van der Waals surface area contributed by atoms with Crippen molar-refractivity contribution in [1.29, 1.82) is 0 Å². The maximum atomic E-state index is 12.7. The topological polar surface area (TPSA) is 76.5 Å². The maximum Gasteiger partial charge on any atom is 0.255 e. The van der Waals surface area contributed by atoms with Crippen LogP contribution in [0.1, 0.15) is 36.1 Å². The van der Waals surface area contributed by atoms with Crippen molar-refractivity contribution >= 4 is 17.5 Å². The molecule has 0 saturated carbocycles. The highest BCUT2D eigenvalue weighted by molar-refractivity contribution is 5.90. The van der Waals surface area contributed by atoms with Crippen LogP contribution >= 0.6 is 0 Å². The number of aryl methyl sites for hydroxylation is 2. The SMILES string of the molecule is COCc1cc(=O)n(CC(=O)Nc2ccc3c(c2)CCC3)c(N2CCCC2)n1. The van der Waals surface area contributed by atoms with Crippen molar-refractivity contribution in [2.75, 3.05) is 30.4 Å². The molecule has 0 spiro atoms. The van der Waals surface area contributed by atoms with Crippen molar-refractivity contribution < 1.29 is 9.53 Å². The highest BCUT2D eigenvalue weighted by Gasteiger charge is 2.21. The van der Waals surface area contributed by atoms with Crippen molar-refractivity contribution in [1.82, 2.24) is 9.55 Å². The lowest BCUT2D eigenvalue weighted by atomic mass is 10.1. The zero-order valence-electron chi connectivity index (χ0n) is 16.2. The molecule has 148 valence electrons. The van der Waals surface area contributed by atoms with Crippen molar-refractivity contribution in [3.05, 3.63) is 51.4 Å². The van der Waals surface area contributed by atoms with Crippen LogP contribution in [-0.4, -0.2) is 35.7 Å². The van der Waals surface area contributed by atoms with Gasteiger partial charge in [-0.15, -0.1) is 0 Å². The Bertz CT molecular complexity index is 932. The summed E-state index contributed by atoms with van der Waals surface area (Å²) < 4.78 is 6.59. The van der Waals surface area contributed by atoms with Crippen LogP contribution in [0.5, 0.6) is 0 Å². The molecule has 2 heterocycles. The van der Waals surface area contributed by atoms with Crippen LogP contribution in [0.15, 0.2) is 29.1 Å². The van der Waals surface area contributed by atoms with Crippen molar-refractivity contribution in [3.63, 3.8) is 0 Å². The molecule has 2 aromatic rings. The lowest BCUT2D eigenvalue weighted by molar-refractivity contribution is -0.116. The summed E-state index contributed by atoms with van der Waals surface area (Å²) in [6.07, 6.45) is 5.46. The van der Waals surface area contributed by atoms with Crippen LogP contribution in [0, 0.1) is 0 Å². The molecular formula is C21H26N4O3. The summed E-state index contributed by atoms with van der Waals surface area (Å²) in [5.74, 6) is 0.336. The second kappa shape index (κ2) is 8.14. The van der Waals surface area contributed by atoms with E-state index in [1.54, 1.807) is 7.11 Å². The number of aromatic nitrogens is 2. The number of nitrogens with one attached hydrogen (secondary N) is 1. The van der Waals surface area contributed by atoms with Gasteiger partial charge in [0.15, 0.2) is 0 Å². The van der Waals surface area contributed by atoms with Crippen LogP contribution in [0.3, 0.4) is 0 Å². The quantitative estimate of drug-likeness (QED) is 0.828. The number of hydrogen-bond donors (Lipinski definition) is 1. The maximum absolute atomic E-state index is 12.7. The lowest BCUT2D eigenvalue weighted by Crippen LogP contribution is -2.35. The summed E-state index contributed by atoms with van der Waals surface area (Å²) in [5.41, 5.74) is 3.81. The third kappa shape index (κ3) is 3.94. The van der Waals surface area contributed by atoms with Gasteiger partial charge in [-0.1, -0.05) is 6.07 Å². The van der Waals surface area contributed by atoms with Crippen LogP contribution in [0.2, 0.25) is 0 Å². The van der Waals surface area contributed by atoms with Gasteiger partial charge in [-0.2, -0.15) is 0 Å². The molecule has 0 bridgehead atoms. The molecule has 1 aliphatic carbocycles. The largest absolute Gasteiger partial charge is 0.378 e. The number of anilines is 2. The number of carbonyl (C=O) groups is 1. The average molecular weight is 382 g/mol. The van der Waals surface area contributed by atoms with Crippen LogP contribution in [-0.2, 0) is 35.5 Å². The molecular weight excluding hydrogens is 356 g/mol. The molecule has 0 atom stereocenters. The Balaban J connectivity index is 1.56. The zero-order chi connectivity index (χ0) is 19.5. The van der Waals surface area contributed by atoms with Crippen LogP contribution in [0.25, 0.3) is 0 Å². The molecule has 7 nitrogen and oxygen atoms in total. The van der Waals surface area contributed by atoms with Crippen LogP contribution < -0.4 is 15.8 Å². The van der Waals surface area contributed by atoms with E-state index in [-0.39, 0.29) is 24.6 Å². The van der Waals surface area contributed by atoms with Gasteiger partial charge in [0.25, 0.3) is 5.56 Å². The van der Waals surface area contributed by atoms with Crippen molar-refractivity contribution in [3.8, 4) is 0 Å². The van der Waals surface area contributed by atoms with Gasteiger partial charge < -0.3 is 15.0 Å². The Labute approximate surface area is 164 Å². The van der Waals surface area contributed by atoms with Crippen LogP contribution in [0.4, 0.5) is 11.6 Å². The number of rotatable bonds is 6. The van der Waals surface area contributed by atoms with Gasteiger partial charge >= 0.3 is 0 Å². The number of nitrogens with zero attached hydrogens (tertiary/aromatic N) is 3. The van der Waals surface area contributed by atoms with E-state index in [0.717, 1.165) is 44.5 Å². The number of ether oxygens (including phenoxy) is 1. The van der Waals surface area contributed by atoms with Gasteiger partial charge in [0, 0.05) is 32.0 Å². The number of amides is 1. The molecule has 2 aliphatic rings. The first-order chi connectivity index (χ1) is 13.6. The fraction of sp³-hybridized carbons (Fsp3) is 0.476. The lowest BCUT2D eigenvalue weighted by Gasteiger charge is -2.21. The Kier molecular flexibility index (Phi) is 5.43. The van der Waals surface area contributed by atoms with Crippen molar-refractivity contribution in [2.45, 2.75) is 45.3 Å². The Morgan fingerprint density at radius 1 is 1.14 bits per heavy atom. The summed E-state index contributed by atoms with van der Waals surface area (Å²) in [6, 6.07) is 7.52. The van der Waals surface area contributed by atoms with E-state index in [0.29, 0.717) is 11.6 Å². The molecule has 1 N–H and O–H groups in total. The van der Waals surface area contributed by atoms with Gasteiger partial charge in [0.1, 0.15) is 6.54 Å². The molecule has 1 fully saturated rings. The second-order valence-electron chi connectivity index (χ2n) is 7.48. The summed E-state index contributed by atoms with van der Waals surface area (Å²) in [4.78, 5) is 32.0. The highest BCUT2D eigenvalue weighted by atomic mass is 16.5. The molecule has 0 unspecified atom stereocenters. The molecule has 28 heavy (non-hydrogen) atoms. The third-order valence-electron chi connectivity index (χ3n) is 5.41. The van der Waals surface area contributed by atoms with Gasteiger partial charge in [-0.3, -0.25) is 14.2 Å². The minimum Gasteiger partial charge on any atom is -0.378 e. The van der Waals surface area contributed by atoms with Gasteiger partial charge in [0.05, 0.1) is 12.3 Å². The first kappa shape index (κ1) is 18.7. The van der Waals surface area contributed by atoms with Gasteiger partial charge in [0.2, 0.25) is 11.9 Å². The van der Waals surface area contributed by atoms with Gasteiger partial charge in [-0.25, -0.2) is 4.98 Å². The highest BCUT2D eigenvalue weighted by Crippen LogP contribution is 2.25. The second-order valence-corrected chi connectivity index (χ2v) is 7.48. The number of carbonyl (C=O) groups excluding carboxylic acids is 1. The molecule has 7 heteroatoms. The van der Waals surface area contributed by atoms with E-state index in [1.165, 1.54) is 28.2 Å². The average Bonchev–Trinajstić information content (AvgIpc) is 3.35. The minimum absolute atomic E-state index is 0.0536. The van der Waals surface area contributed by atoms with Gasteiger partial charge in [-0.05, 0) is 55.4 Å². The molecule has 0 radical (unpaired) electrons. The summed E-state index contributed by atoms with van der Waals surface area (Å²) in [6.45, 7) is 1.91. The predicted octanol–water partition coefficient (Wildman–Crippen LogP) is 2.12. The zero-order valence-corrected chi connectivity index (χ0v) is 16.2. The molecule has 1 aromatic heterocycles. The fourth-order valence-corrected chi connectivity index (χ4v) is 4.06. The van der Waals surface area contributed by atoms with E-state index >= 15 is 0 Å². The fourth-order valence-electron chi connectivity index (χ4n) is 4.06. The van der Waals surface area contributed by atoms with E-state index in [4.69, 9.17) is 4.74 Å². The number of hydrogen-bond acceptors (Lipinski definition) is 5. The molecule has 4 rings (SSSR count). The van der Waals surface area contributed by atoms with E-state index in [9.17, 15) is 9.59 Å². The third-order valence-corrected chi connectivity index (χ3v) is 5.41. The monoisotopic (exact) mass is 382 g/mol. The van der Waals surface area contributed by atoms with Crippen molar-refractivity contribution in [2.24, 2.45) is 0 Å². The Morgan fingerprint density at radius 3 is 2.71 bits per heavy atom. The van der Waals surface area contributed by atoms with E-state index < -0.39 is 0 Å². The summed E-state index contributed by atoms with van der Waals surface area (Å²) >= 11 is 0. The summed E-state index contributed by atoms with van der Waals surface area (Å²) in [5, 5.41) is 2.94. The standard InChI is InChI=1S/C21H26N4O3/c1-28-14-18-12-20(27)25(21(23-18)24-9-2-3-10-24)13-19(26)22-17-8-7-15-5-4-6-16(15)11-17/h7-8,11-12H,2-6,9-10,13-14H2,1H3,(H,22,26). The molecule has 1 saturated heterocycles. The normalized spacial score (nSPS) is 15.7. The number of methoxy groups -OCH3 is 1. The smallest absolute Gasteiger partial charge is 0.255 e. The molecule has 1 amide bonds. The molecule has 1 aliphatic heterocycles.